The number of halogens is 1. The fourth-order valence-electron chi connectivity index (χ4n) is 3.81. The lowest BCUT2D eigenvalue weighted by Crippen LogP contribution is -2.35. The van der Waals surface area contributed by atoms with Crippen molar-refractivity contribution in [2.45, 2.75) is 27.7 Å². The van der Waals surface area contributed by atoms with Gasteiger partial charge in [-0.2, -0.15) is 4.57 Å². The maximum atomic E-state index is 13.7. The highest BCUT2D eigenvalue weighted by molar-refractivity contribution is 6.03. The molecule has 26 heavy (non-hydrogen) atoms. The van der Waals surface area contributed by atoms with Crippen LogP contribution in [0.25, 0.3) is 32.8 Å². The first kappa shape index (κ1) is 15.5. The summed E-state index contributed by atoms with van der Waals surface area (Å²) in [5, 5.41) is 3.69. The molecule has 2 heteroatoms. The minimum absolute atomic E-state index is 0.253. The second-order valence-corrected chi connectivity index (χ2v) is 7.26. The van der Waals surface area contributed by atoms with E-state index < -0.39 is 0 Å². The first-order valence-corrected chi connectivity index (χ1v) is 8.88. The topological polar surface area (TPSA) is 3.88 Å². The van der Waals surface area contributed by atoms with Crippen LogP contribution in [0.3, 0.4) is 0 Å². The van der Waals surface area contributed by atoms with Crippen molar-refractivity contribution in [3.8, 4) is 11.3 Å². The van der Waals surface area contributed by atoms with Gasteiger partial charge in [-0.3, -0.25) is 0 Å². The maximum Gasteiger partial charge on any atom is 0.220 e. The zero-order valence-electron chi connectivity index (χ0n) is 16.9. The van der Waals surface area contributed by atoms with Crippen LogP contribution in [0.5, 0.6) is 0 Å². The van der Waals surface area contributed by atoms with Crippen molar-refractivity contribution in [1.82, 2.24) is 0 Å². The van der Waals surface area contributed by atoms with Crippen LogP contribution in [0.2, 0.25) is 0 Å². The summed E-state index contributed by atoms with van der Waals surface area (Å²) in [4.78, 5) is 0. The number of fused-ring (bicyclic) bond motifs is 2. The van der Waals surface area contributed by atoms with Crippen LogP contribution >= 0.6 is 0 Å². The third-order valence-corrected chi connectivity index (χ3v) is 5.41. The Bertz CT molecular complexity index is 1240. The maximum absolute atomic E-state index is 13.7. The Labute approximate surface area is 155 Å². The Balaban J connectivity index is 2.22. The summed E-state index contributed by atoms with van der Waals surface area (Å²) >= 11 is 0. The predicted molar refractivity (Wildman–Crippen MR) is 107 cm³/mol. The smallest absolute Gasteiger partial charge is 0.207 e. The number of aromatic nitrogens is 1. The molecule has 0 N–H and O–H groups in total. The molecule has 0 unspecified atom stereocenters. The normalized spacial score (nSPS) is 12.0. The molecule has 0 bridgehead atoms. The second kappa shape index (κ2) is 5.91. The van der Waals surface area contributed by atoms with Gasteiger partial charge in [-0.25, -0.2) is 4.39 Å². The van der Waals surface area contributed by atoms with Crippen LogP contribution in [-0.4, -0.2) is 0 Å². The average molecular weight is 345 g/mol. The molecule has 130 valence electrons. The SMILES string of the molecule is [2H]c1c(C)[n+](C)c(-c2cc(C)cc(C)c2C)c2cc3ccc(F)cc3cc12. The van der Waals surface area contributed by atoms with Gasteiger partial charge in [0.1, 0.15) is 12.9 Å². The molecule has 1 heterocycles. The molecule has 0 atom stereocenters. The minimum Gasteiger partial charge on any atom is -0.207 e. The van der Waals surface area contributed by atoms with Gasteiger partial charge in [-0.15, -0.1) is 0 Å². The van der Waals surface area contributed by atoms with Gasteiger partial charge in [0.25, 0.3) is 0 Å². The fraction of sp³-hybridized carbons (Fsp3) is 0.208. The van der Waals surface area contributed by atoms with E-state index in [1.807, 2.05) is 26.1 Å². The summed E-state index contributed by atoms with van der Waals surface area (Å²) in [5.41, 5.74) is 6.91. The van der Waals surface area contributed by atoms with Gasteiger partial charge in [-0.1, -0.05) is 17.7 Å². The number of rotatable bonds is 1. The van der Waals surface area contributed by atoms with Gasteiger partial charge < -0.3 is 0 Å². The standard InChI is InChI=1S/C24H23FN/c1-14-8-15(2)17(4)22(9-14)24-23-13-18-6-7-21(25)12-19(18)11-20(23)10-16(3)26(24)5/h6-13H,1-5H3/q+1/i10D. The summed E-state index contributed by atoms with van der Waals surface area (Å²) in [6, 6.07) is 13.8. The number of benzene rings is 3. The van der Waals surface area contributed by atoms with Crippen molar-refractivity contribution >= 4 is 21.5 Å². The van der Waals surface area contributed by atoms with Crippen LogP contribution in [0.1, 0.15) is 23.8 Å². The molecular weight excluding hydrogens is 321 g/mol. The lowest BCUT2D eigenvalue weighted by Gasteiger charge is -2.13. The summed E-state index contributed by atoms with van der Waals surface area (Å²) < 4.78 is 24.5. The van der Waals surface area contributed by atoms with E-state index in [0.29, 0.717) is 6.04 Å². The van der Waals surface area contributed by atoms with E-state index in [4.69, 9.17) is 1.37 Å². The lowest BCUT2D eigenvalue weighted by atomic mass is 9.93. The van der Waals surface area contributed by atoms with E-state index in [2.05, 4.69) is 43.5 Å². The number of hydrogen-bond acceptors (Lipinski definition) is 0. The molecule has 0 amide bonds. The Morgan fingerprint density at radius 2 is 1.65 bits per heavy atom. The molecule has 0 aliphatic heterocycles. The number of nitrogens with zero attached hydrogens (tertiary/aromatic N) is 1. The summed E-state index contributed by atoms with van der Waals surface area (Å²) in [6.45, 7) is 8.37. The predicted octanol–water partition coefficient (Wildman–Crippen LogP) is 5.86. The summed E-state index contributed by atoms with van der Waals surface area (Å²) in [7, 11) is 2.02. The van der Waals surface area contributed by atoms with Crippen LogP contribution in [0.15, 0.2) is 48.5 Å². The van der Waals surface area contributed by atoms with E-state index in [9.17, 15) is 4.39 Å². The van der Waals surface area contributed by atoms with Gasteiger partial charge >= 0.3 is 0 Å². The molecule has 0 fully saturated rings. The number of aryl methyl sites for hydroxylation is 2. The highest BCUT2D eigenvalue weighted by atomic mass is 19.1. The Kier molecular flexibility index (Phi) is 3.53. The Morgan fingerprint density at radius 1 is 0.885 bits per heavy atom. The van der Waals surface area contributed by atoms with E-state index in [0.717, 1.165) is 32.9 Å². The van der Waals surface area contributed by atoms with Crippen molar-refractivity contribution in [3.05, 3.63) is 76.7 Å². The molecule has 0 radical (unpaired) electrons. The molecule has 0 aliphatic rings. The Morgan fingerprint density at radius 3 is 2.42 bits per heavy atom. The molecule has 1 nitrogen and oxygen atoms in total. The number of pyridine rings is 1. The largest absolute Gasteiger partial charge is 0.220 e. The third kappa shape index (κ3) is 2.57. The van der Waals surface area contributed by atoms with Crippen molar-refractivity contribution < 1.29 is 10.3 Å². The van der Waals surface area contributed by atoms with Gasteiger partial charge in [0.2, 0.25) is 5.69 Å². The van der Waals surface area contributed by atoms with E-state index in [1.165, 1.54) is 34.4 Å². The van der Waals surface area contributed by atoms with Gasteiger partial charge in [0.05, 0.1) is 12.3 Å². The van der Waals surface area contributed by atoms with Crippen LogP contribution in [0.4, 0.5) is 4.39 Å². The van der Waals surface area contributed by atoms with Crippen LogP contribution < -0.4 is 4.57 Å². The Hall–Kier alpha value is -2.74. The minimum atomic E-state index is -0.253. The molecule has 1 aromatic heterocycles. The van der Waals surface area contributed by atoms with E-state index >= 15 is 0 Å². The molecule has 4 aromatic rings. The molecule has 3 aromatic carbocycles. The molecule has 0 saturated heterocycles. The average Bonchev–Trinajstić information content (AvgIpc) is 2.62. The second-order valence-electron chi connectivity index (χ2n) is 7.26. The van der Waals surface area contributed by atoms with Gasteiger partial charge in [0.15, 0.2) is 5.69 Å². The van der Waals surface area contributed by atoms with E-state index in [1.54, 1.807) is 0 Å². The molecule has 0 saturated carbocycles. The first-order chi connectivity index (χ1) is 12.8. The van der Waals surface area contributed by atoms with Gasteiger partial charge in [0, 0.05) is 13.0 Å². The van der Waals surface area contributed by atoms with E-state index in [-0.39, 0.29) is 5.82 Å². The first-order valence-electron chi connectivity index (χ1n) is 9.38. The molecule has 4 rings (SSSR count). The zero-order valence-corrected chi connectivity index (χ0v) is 15.9. The number of hydrogen-bond donors (Lipinski definition) is 0. The van der Waals surface area contributed by atoms with Gasteiger partial charge in [-0.05, 0) is 78.4 Å². The molecular formula is C24H23FN+. The lowest BCUT2D eigenvalue weighted by molar-refractivity contribution is -0.665. The summed E-state index contributed by atoms with van der Waals surface area (Å²) in [6.07, 6.45) is 0. The van der Waals surface area contributed by atoms with Crippen molar-refractivity contribution in [2.24, 2.45) is 7.05 Å². The van der Waals surface area contributed by atoms with Crippen LogP contribution in [-0.2, 0) is 7.05 Å². The quantitative estimate of drug-likeness (QED) is 0.301. The molecule has 0 aliphatic carbocycles. The molecule has 0 spiro atoms. The highest BCUT2D eigenvalue weighted by Gasteiger charge is 2.21. The van der Waals surface area contributed by atoms with Crippen molar-refractivity contribution in [1.29, 1.82) is 0 Å². The van der Waals surface area contributed by atoms with Crippen LogP contribution in [0, 0.1) is 33.5 Å². The fourth-order valence-corrected chi connectivity index (χ4v) is 3.81. The third-order valence-electron chi connectivity index (χ3n) is 5.41. The van der Waals surface area contributed by atoms with Crippen molar-refractivity contribution in [2.75, 3.05) is 0 Å². The van der Waals surface area contributed by atoms with Crippen molar-refractivity contribution in [3.63, 3.8) is 0 Å². The zero-order chi connectivity index (χ0) is 19.5. The highest BCUT2D eigenvalue weighted by Crippen LogP contribution is 2.33. The monoisotopic (exact) mass is 345 g/mol. The summed E-state index contributed by atoms with van der Waals surface area (Å²) in [5.74, 6) is -0.253.